The fraction of sp³-hybridized carbons (Fsp3) is 0.667. The number of ether oxygens (including phenoxy) is 1. The number of hydrogen-bond donors (Lipinski definition) is 3. The number of fused-ring (bicyclic) bond motifs is 1. The van der Waals surface area contributed by atoms with Crippen LogP contribution < -0.4 is 11.5 Å². The van der Waals surface area contributed by atoms with Crippen LogP contribution in [0.2, 0.25) is 0 Å². The van der Waals surface area contributed by atoms with Crippen LogP contribution in [0.15, 0.2) is 35.1 Å². The number of hydrogen-bond acceptors (Lipinski definition) is 4. The Balaban J connectivity index is 1.58. The molecular weight excluding hydrogens is 276 g/mol. The second kappa shape index (κ2) is 6.57. The Morgan fingerprint density at radius 3 is 2.95 bits per heavy atom. The van der Waals surface area contributed by atoms with Crippen LogP contribution in [0.5, 0.6) is 0 Å². The van der Waals surface area contributed by atoms with Crippen molar-refractivity contribution in [1.82, 2.24) is 0 Å². The highest BCUT2D eigenvalue weighted by Gasteiger charge is 2.38. The summed E-state index contributed by atoms with van der Waals surface area (Å²) in [5.74, 6) is 1.73. The molecule has 0 fully saturated rings. The topological polar surface area (TPSA) is 81.5 Å². The zero-order chi connectivity index (χ0) is 15.7. The van der Waals surface area contributed by atoms with Crippen LogP contribution in [-0.2, 0) is 4.74 Å². The second-order valence-corrected chi connectivity index (χ2v) is 6.94. The summed E-state index contributed by atoms with van der Waals surface area (Å²) >= 11 is 0. The Hall–Kier alpha value is -1.10. The minimum absolute atomic E-state index is 0.152. The summed E-state index contributed by atoms with van der Waals surface area (Å²) in [4.78, 5) is 0. The van der Waals surface area contributed by atoms with E-state index in [4.69, 9.17) is 16.2 Å². The summed E-state index contributed by atoms with van der Waals surface area (Å²) in [5.41, 5.74) is 14.4. The SMILES string of the molecule is CC1=CC(C(N)CCN)CC[C@H](OC2=CC[C@@H](O)C3=C[C@@H]23)C1. The van der Waals surface area contributed by atoms with Gasteiger partial charge >= 0.3 is 0 Å². The highest BCUT2D eigenvalue weighted by atomic mass is 16.5. The fourth-order valence-corrected chi connectivity index (χ4v) is 3.71. The third kappa shape index (κ3) is 3.45. The van der Waals surface area contributed by atoms with E-state index in [1.807, 2.05) is 0 Å². The quantitative estimate of drug-likeness (QED) is 0.679. The zero-order valence-electron chi connectivity index (χ0n) is 13.4. The molecule has 4 heteroatoms. The molecule has 0 aromatic carbocycles. The smallest absolute Gasteiger partial charge is 0.104 e. The Morgan fingerprint density at radius 1 is 1.36 bits per heavy atom. The van der Waals surface area contributed by atoms with E-state index in [1.165, 1.54) is 5.57 Å². The molecule has 2 unspecified atom stereocenters. The molecule has 3 rings (SSSR count). The molecule has 0 spiro atoms. The van der Waals surface area contributed by atoms with Gasteiger partial charge in [0, 0.05) is 12.5 Å². The van der Waals surface area contributed by atoms with Gasteiger partial charge in [-0.1, -0.05) is 17.7 Å². The molecule has 22 heavy (non-hydrogen) atoms. The summed E-state index contributed by atoms with van der Waals surface area (Å²) in [7, 11) is 0. The molecule has 0 saturated heterocycles. The van der Waals surface area contributed by atoms with Crippen LogP contribution in [-0.4, -0.2) is 29.9 Å². The molecule has 0 bridgehead atoms. The number of aliphatic hydroxyl groups excluding tert-OH is 1. The van der Waals surface area contributed by atoms with Gasteiger partial charge in [-0.15, -0.1) is 0 Å². The van der Waals surface area contributed by atoms with Gasteiger partial charge in [0.05, 0.1) is 12.0 Å². The predicted molar refractivity (Wildman–Crippen MR) is 87.9 cm³/mol. The van der Waals surface area contributed by atoms with Gasteiger partial charge in [0.25, 0.3) is 0 Å². The Bertz CT molecular complexity index is 509. The minimum atomic E-state index is -0.285. The van der Waals surface area contributed by atoms with Crippen molar-refractivity contribution >= 4 is 0 Å². The van der Waals surface area contributed by atoms with Crippen LogP contribution in [0, 0.1) is 11.8 Å². The average Bonchev–Trinajstić information content (AvgIpc) is 3.27. The molecule has 5 atom stereocenters. The van der Waals surface area contributed by atoms with Crippen molar-refractivity contribution in [3.8, 4) is 0 Å². The molecule has 4 nitrogen and oxygen atoms in total. The predicted octanol–water partition coefficient (Wildman–Crippen LogP) is 2.00. The van der Waals surface area contributed by atoms with E-state index in [-0.39, 0.29) is 24.2 Å². The van der Waals surface area contributed by atoms with Gasteiger partial charge in [-0.3, -0.25) is 0 Å². The Labute approximate surface area is 132 Å². The van der Waals surface area contributed by atoms with Crippen LogP contribution >= 0.6 is 0 Å². The van der Waals surface area contributed by atoms with Crippen LogP contribution in [0.1, 0.15) is 39.0 Å². The molecule has 5 N–H and O–H groups in total. The van der Waals surface area contributed by atoms with Crippen molar-refractivity contribution in [2.24, 2.45) is 23.3 Å². The fourth-order valence-electron chi connectivity index (χ4n) is 3.71. The summed E-state index contributed by atoms with van der Waals surface area (Å²) in [6, 6.07) is 0.152. The van der Waals surface area contributed by atoms with E-state index in [0.717, 1.165) is 37.0 Å². The lowest BCUT2D eigenvalue weighted by molar-refractivity contribution is 0.0889. The molecule has 0 aliphatic heterocycles. The third-order valence-electron chi connectivity index (χ3n) is 5.07. The molecule has 3 aliphatic rings. The maximum absolute atomic E-state index is 9.77. The maximum Gasteiger partial charge on any atom is 0.104 e. The molecule has 0 heterocycles. The first-order chi connectivity index (χ1) is 10.6. The molecule has 0 aromatic heterocycles. The van der Waals surface area contributed by atoms with Crippen LogP contribution in [0.3, 0.4) is 0 Å². The molecule has 122 valence electrons. The van der Waals surface area contributed by atoms with Gasteiger partial charge in [0.1, 0.15) is 11.9 Å². The highest BCUT2D eigenvalue weighted by molar-refractivity contribution is 5.44. The average molecular weight is 304 g/mol. The zero-order valence-corrected chi connectivity index (χ0v) is 13.4. The summed E-state index contributed by atoms with van der Waals surface area (Å²) in [6.45, 7) is 2.82. The molecule has 0 amide bonds. The van der Waals surface area contributed by atoms with E-state index >= 15 is 0 Å². The van der Waals surface area contributed by atoms with Gasteiger partial charge in [0.15, 0.2) is 0 Å². The lowest BCUT2D eigenvalue weighted by Gasteiger charge is -2.24. The molecule has 0 radical (unpaired) electrons. The van der Waals surface area contributed by atoms with Crippen molar-refractivity contribution < 1.29 is 9.84 Å². The Kier molecular flexibility index (Phi) is 4.71. The summed E-state index contributed by atoms with van der Waals surface area (Å²) < 4.78 is 6.26. The molecule has 0 aromatic rings. The van der Waals surface area contributed by atoms with Gasteiger partial charge in [-0.25, -0.2) is 0 Å². The van der Waals surface area contributed by atoms with Gasteiger partial charge in [-0.2, -0.15) is 0 Å². The van der Waals surface area contributed by atoms with Gasteiger partial charge in [-0.05, 0) is 56.7 Å². The van der Waals surface area contributed by atoms with Gasteiger partial charge < -0.3 is 21.3 Å². The largest absolute Gasteiger partial charge is 0.494 e. The number of rotatable bonds is 5. The monoisotopic (exact) mass is 304 g/mol. The van der Waals surface area contributed by atoms with Crippen molar-refractivity contribution in [2.45, 2.75) is 57.3 Å². The van der Waals surface area contributed by atoms with Crippen molar-refractivity contribution in [3.63, 3.8) is 0 Å². The first kappa shape index (κ1) is 15.8. The first-order valence-electron chi connectivity index (χ1n) is 8.47. The van der Waals surface area contributed by atoms with Gasteiger partial charge in [0.2, 0.25) is 0 Å². The van der Waals surface area contributed by atoms with E-state index in [9.17, 15) is 5.11 Å². The number of allylic oxidation sites excluding steroid dienone is 1. The highest BCUT2D eigenvalue weighted by Crippen LogP contribution is 2.44. The van der Waals surface area contributed by atoms with Crippen molar-refractivity contribution in [2.75, 3.05) is 6.54 Å². The minimum Gasteiger partial charge on any atom is -0.494 e. The maximum atomic E-state index is 9.77. The van der Waals surface area contributed by atoms with E-state index in [0.29, 0.717) is 18.9 Å². The number of nitrogens with two attached hydrogens (primary N) is 2. The summed E-state index contributed by atoms with van der Waals surface area (Å²) in [5, 5.41) is 9.77. The second-order valence-electron chi connectivity index (χ2n) is 6.94. The summed E-state index contributed by atoms with van der Waals surface area (Å²) in [6.07, 6.45) is 11.0. The van der Waals surface area contributed by atoms with Crippen molar-refractivity contribution in [3.05, 3.63) is 35.1 Å². The van der Waals surface area contributed by atoms with Crippen LogP contribution in [0.25, 0.3) is 0 Å². The Morgan fingerprint density at radius 2 is 2.18 bits per heavy atom. The van der Waals surface area contributed by atoms with Crippen molar-refractivity contribution in [1.29, 1.82) is 0 Å². The first-order valence-corrected chi connectivity index (χ1v) is 8.47. The van der Waals surface area contributed by atoms with E-state index < -0.39 is 0 Å². The number of aliphatic hydroxyl groups is 1. The van der Waals surface area contributed by atoms with Crippen LogP contribution in [0.4, 0.5) is 0 Å². The molecule has 3 aliphatic carbocycles. The normalized spacial score (nSPS) is 35.5. The lowest BCUT2D eigenvalue weighted by Crippen LogP contribution is -2.31. The molecule has 0 saturated carbocycles. The molecular formula is C18H28N2O2. The van der Waals surface area contributed by atoms with E-state index in [2.05, 4.69) is 25.2 Å². The lowest BCUT2D eigenvalue weighted by atomic mass is 9.92. The van der Waals surface area contributed by atoms with E-state index in [1.54, 1.807) is 0 Å². The standard InChI is InChI=1S/C18H28N2O2/c1-11-8-12(16(20)6-7-19)2-3-13(9-11)22-18-5-4-17(21)14-10-15(14)18/h5,8,10,12-13,15-17,21H,2-4,6-7,9,19-20H2,1H3/t12?,13-,15+,16?,17+/m0/s1. The third-order valence-corrected chi connectivity index (χ3v) is 5.07.